The molecule has 36 heavy (non-hydrogen) atoms. The molecule has 186 valence electrons. The lowest BCUT2D eigenvalue weighted by Crippen LogP contribution is -2.23. The van der Waals surface area contributed by atoms with Crippen molar-refractivity contribution in [2.75, 3.05) is 15.8 Å². The van der Waals surface area contributed by atoms with Gasteiger partial charge in [-0.1, -0.05) is 43.5 Å². The SMILES string of the molecule is O=S(CC1CC1)Nc1ccc(Oc2ncsc2-c2ccnc(NC3CCCCC3)n2)c2ccccc12. The molecule has 1 atom stereocenters. The molecule has 6 rings (SSSR count). The van der Waals surface area contributed by atoms with Gasteiger partial charge in [0.1, 0.15) is 21.6 Å². The zero-order chi connectivity index (χ0) is 24.3. The Bertz CT molecular complexity index is 1380. The van der Waals surface area contributed by atoms with E-state index in [4.69, 9.17) is 9.72 Å². The minimum atomic E-state index is -1.09. The van der Waals surface area contributed by atoms with Crippen LogP contribution in [-0.2, 0) is 11.0 Å². The van der Waals surface area contributed by atoms with Crippen molar-refractivity contribution in [3.05, 3.63) is 54.2 Å². The van der Waals surface area contributed by atoms with Crippen molar-refractivity contribution in [1.29, 1.82) is 0 Å². The Balaban J connectivity index is 1.24. The van der Waals surface area contributed by atoms with Crippen LogP contribution in [-0.4, -0.2) is 31.0 Å². The van der Waals surface area contributed by atoms with Gasteiger partial charge in [0.15, 0.2) is 0 Å². The van der Waals surface area contributed by atoms with Crippen molar-refractivity contribution in [3.8, 4) is 22.2 Å². The quantitative estimate of drug-likeness (QED) is 0.253. The summed E-state index contributed by atoms with van der Waals surface area (Å²) in [7, 11) is -1.09. The Morgan fingerprint density at radius 3 is 2.64 bits per heavy atom. The van der Waals surface area contributed by atoms with Gasteiger partial charge in [0.25, 0.3) is 0 Å². The highest BCUT2D eigenvalue weighted by Gasteiger charge is 2.24. The summed E-state index contributed by atoms with van der Waals surface area (Å²) in [6.45, 7) is 0. The Kier molecular flexibility index (Phi) is 6.83. The van der Waals surface area contributed by atoms with Gasteiger partial charge >= 0.3 is 0 Å². The number of rotatable bonds is 9. The molecule has 0 aliphatic heterocycles. The lowest BCUT2D eigenvalue weighted by molar-refractivity contribution is 0.461. The van der Waals surface area contributed by atoms with Crippen molar-refractivity contribution < 1.29 is 8.95 Å². The van der Waals surface area contributed by atoms with Gasteiger partial charge in [0.2, 0.25) is 11.8 Å². The topological polar surface area (TPSA) is 89.0 Å². The maximum atomic E-state index is 12.5. The van der Waals surface area contributed by atoms with E-state index in [1.165, 1.54) is 43.4 Å². The number of nitrogens with zero attached hydrogens (tertiary/aromatic N) is 3. The van der Waals surface area contributed by atoms with Gasteiger partial charge in [-0.3, -0.25) is 0 Å². The van der Waals surface area contributed by atoms with Crippen LogP contribution in [0.3, 0.4) is 0 Å². The van der Waals surface area contributed by atoms with Gasteiger partial charge < -0.3 is 14.8 Å². The average Bonchev–Trinajstić information content (AvgIpc) is 3.60. The lowest BCUT2D eigenvalue weighted by Gasteiger charge is -2.22. The van der Waals surface area contributed by atoms with Crippen LogP contribution in [0.5, 0.6) is 11.6 Å². The van der Waals surface area contributed by atoms with Crippen LogP contribution in [0.4, 0.5) is 11.6 Å². The highest BCUT2D eigenvalue weighted by atomic mass is 32.2. The van der Waals surface area contributed by atoms with Crippen LogP contribution >= 0.6 is 11.3 Å². The molecule has 2 aromatic carbocycles. The third-order valence-electron chi connectivity index (χ3n) is 6.76. The van der Waals surface area contributed by atoms with E-state index >= 15 is 0 Å². The lowest BCUT2D eigenvalue weighted by atomic mass is 9.96. The van der Waals surface area contributed by atoms with Crippen LogP contribution in [0.1, 0.15) is 44.9 Å². The predicted molar refractivity (Wildman–Crippen MR) is 147 cm³/mol. The number of hydrogen-bond acceptors (Lipinski definition) is 7. The summed E-state index contributed by atoms with van der Waals surface area (Å²) >= 11 is 1.50. The minimum absolute atomic E-state index is 0.434. The van der Waals surface area contributed by atoms with Gasteiger partial charge in [-0.15, -0.1) is 11.3 Å². The highest BCUT2D eigenvalue weighted by molar-refractivity contribution is 7.86. The molecule has 2 aromatic heterocycles. The fraction of sp³-hybridized carbons (Fsp3) is 0.370. The smallest absolute Gasteiger partial charge is 0.239 e. The zero-order valence-corrected chi connectivity index (χ0v) is 21.6. The molecule has 0 bridgehead atoms. The van der Waals surface area contributed by atoms with E-state index in [-0.39, 0.29) is 0 Å². The third-order valence-corrected chi connectivity index (χ3v) is 8.81. The van der Waals surface area contributed by atoms with Crippen molar-refractivity contribution in [2.24, 2.45) is 5.92 Å². The van der Waals surface area contributed by atoms with Gasteiger partial charge in [0, 0.05) is 28.8 Å². The summed E-state index contributed by atoms with van der Waals surface area (Å²) in [6, 6.07) is 14.2. The van der Waals surface area contributed by atoms with E-state index in [2.05, 4.69) is 20.0 Å². The van der Waals surface area contributed by atoms with Crippen molar-refractivity contribution in [3.63, 3.8) is 0 Å². The summed E-state index contributed by atoms with van der Waals surface area (Å²) in [6.07, 6.45) is 10.3. The summed E-state index contributed by atoms with van der Waals surface area (Å²) in [5, 5.41) is 5.41. The molecule has 0 radical (unpaired) electrons. The Hall–Kier alpha value is -3.04. The van der Waals surface area contributed by atoms with Crippen molar-refractivity contribution in [2.45, 2.75) is 51.0 Å². The Morgan fingerprint density at radius 1 is 0.972 bits per heavy atom. The maximum absolute atomic E-state index is 12.5. The number of ether oxygens (including phenoxy) is 1. The van der Waals surface area contributed by atoms with E-state index in [9.17, 15) is 4.21 Å². The van der Waals surface area contributed by atoms with E-state index in [0.717, 1.165) is 39.9 Å². The summed E-state index contributed by atoms with van der Waals surface area (Å²) in [4.78, 5) is 14.6. The number of nitrogens with one attached hydrogen (secondary N) is 2. The second kappa shape index (κ2) is 10.5. The first-order valence-electron chi connectivity index (χ1n) is 12.6. The molecule has 0 amide bonds. The molecule has 0 spiro atoms. The molecule has 2 fully saturated rings. The minimum Gasteiger partial charge on any atom is -0.437 e. The first kappa shape index (κ1) is 23.4. The average molecular weight is 520 g/mol. The molecule has 2 aliphatic rings. The van der Waals surface area contributed by atoms with Gasteiger partial charge in [-0.2, -0.15) is 0 Å². The Labute approximate surface area is 217 Å². The first-order valence-corrected chi connectivity index (χ1v) is 14.8. The van der Waals surface area contributed by atoms with Gasteiger partial charge in [-0.05, 0) is 49.8 Å². The van der Waals surface area contributed by atoms with Gasteiger partial charge in [-0.25, -0.2) is 19.2 Å². The number of aromatic nitrogens is 3. The van der Waals surface area contributed by atoms with Gasteiger partial charge in [0.05, 0.1) is 16.9 Å². The maximum Gasteiger partial charge on any atom is 0.239 e. The standard InChI is InChI=1S/C27H29N5O2S2/c33-36(16-18-10-11-18)32-22-12-13-24(21-9-5-4-8-20(21)22)34-26-25(35-17-29-26)23-14-15-28-27(31-23)30-19-6-2-1-3-7-19/h4-5,8-9,12-15,17-19,32H,1-3,6-7,10-11,16H2,(H,28,30,31). The fourth-order valence-electron chi connectivity index (χ4n) is 4.68. The molecular formula is C27H29N5O2S2. The van der Waals surface area contributed by atoms with E-state index in [1.807, 2.05) is 42.5 Å². The van der Waals surface area contributed by atoms with Crippen molar-refractivity contribution >= 4 is 44.7 Å². The normalized spacial score (nSPS) is 17.1. The number of thiazole rings is 1. The van der Waals surface area contributed by atoms with Crippen LogP contribution in [0.2, 0.25) is 0 Å². The highest BCUT2D eigenvalue weighted by Crippen LogP contribution is 2.39. The molecule has 9 heteroatoms. The molecular weight excluding hydrogens is 490 g/mol. The van der Waals surface area contributed by atoms with Crippen molar-refractivity contribution in [1.82, 2.24) is 15.0 Å². The van der Waals surface area contributed by atoms with Crippen LogP contribution in [0.25, 0.3) is 21.3 Å². The molecule has 2 N–H and O–H groups in total. The van der Waals surface area contributed by atoms with E-state index in [0.29, 0.717) is 35.3 Å². The molecule has 2 aliphatic carbocycles. The van der Waals surface area contributed by atoms with Crippen LogP contribution < -0.4 is 14.8 Å². The third kappa shape index (κ3) is 5.37. The molecule has 2 saturated carbocycles. The number of hydrogen-bond donors (Lipinski definition) is 2. The monoisotopic (exact) mass is 519 g/mol. The molecule has 1 unspecified atom stereocenters. The summed E-state index contributed by atoms with van der Waals surface area (Å²) < 4.78 is 22.1. The molecule has 0 saturated heterocycles. The summed E-state index contributed by atoms with van der Waals surface area (Å²) in [5.74, 6) is 3.16. The molecule has 2 heterocycles. The number of fused-ring (bicyclic) bond motifs is 1. The van der Waals surface area contributed by atoms with E-state index in [1.54, 1.807) is 11.7 Å². The predicted octanol–water partition coefficient (Wildman–Crippen LogP) is 6.78. The number of anilines is 2. The first-order chi connectivity index (χ1) is 17.7. The zero-order valence-electron chi connectivity index (χ0n) is 20.0. The molecule has 7 nitrogen and oxygen atoms in total. The van der Waals surface area contributed by atoms with Crippen LogP contribution in [0, 0.1) is 5.92 Å². The van der Waals surface area contributed by atoms with E-state index < -0.39 is 11.0 Å². The number of benzene rings is 2. The second-order valence-electron chi connectivity index (χ2n) is 9.55. The Morgan fingerprint density at radius 2 is 1.81 bits per heavy atom. The second-order valence-corrected chi connectivity index (χ2v) is 11.6. The summed E-state index contributed by atoms with van der Waals surface area (Å²) in [5.41, 5.74) is 3.42. The molecule has 4 aromatic rings. The fourth-order valence-corrected chi connectivity index (χ4v) is 6.63. The van der Waals surface area contributed by atoms with Crippen LogP contribution in [0.15, 0.2) is 54.2 Å². The largest absolute Gasteiger partial charge is 0.437 e.